The summed E-state index contributed by atoms with van der Waals surface area (Å²) in [6.07, 6.45) is 9.42. The summed E-state index contributed by atoms with van der Waals surface area (Å²) < 4.78 is 0. The fourth-order valence-corrected chi connectivity index (χ4v) is 2.15. The van der Waals surface area contributed by atoms with Crippen LogP contribution >= 0.6 is 0 Å². The highest BCUT2D eigenvalue weighted by Crippen LogP contribution is 2.20. The van der Waals surface area contributed by atoms with Gasteiger partial charge in [-0.1, -0.05) is 19.3 Å². The third kappa shape index (κ3) is 3.73. The second-order valence-corrected chi connectivity index (χ2v) is 4.72. The van der Waals surface area contributed by atoms with Gasteiger partial charge in [0, 0.05) is 18.6 Å². The van der Waals surface area contributed by atoms with Crippen LogP contribution in [0.5, 0.6) is 0 Å². The van der Waals surface area contributed by atoms with Crippen LogP contribution in [0.15, 0.2) is 4.99 Å². The van der Waals surface area contributed by atoms with Crippen LogP contribution in [0.1, 0.15) is 51.9 Å². The molecule has 86 valence electrons. The molecule has 0 bridgehead atoms. The standard InChI is InChI=1S/C12H23N3/c1-2-13-12(15-11-8-9-11)14-10-6-4-3-5-7-10/h10-11H,2-9H2,1H3,(H2,13,14,15). The number of nitrogens with one attached hydrogen (secondary N) is 2. The molecule has 3 heteroatoms. The molecule has 0 aromatic carbocycles. The van der Waals surface area contributed by atoms with E-state index in [1.807, 2.05) is 0 Å². The molecule has 3 nitrogen and oxygen atoms in total. The topological polar surface area (TPSA) is 36.4 Å². The van der Waals surface area contributed by atoms with E-state index in [2.05, 4.69) is 22.5 Å². The summed E-state index contributed by atoms with van der Waals surface area (Å²) in [5.41, 5.74) is 0. The van der Waals surface area contributed by atoms with E-state index in [0.717, 1.165) is 12.5 Å². The third-order valence-corrected chi connectivity index (χ3v) is 3.18. The van der Waals surface area contributed by atoms with Crippen molar-refractivity contribution in [1.29, 1.82) is 0 Å². The quantitative estimate of drug-likeness (QED) is 0.551. The lowest BCUT2D eigenvalue weighted by molar-refractivity contribution is 0.410. The molecule has 2 aliphatic carbocycles. The molecule has 0 aromatic rings. The Balaban J connectivity index is 1.78. The van der Waals surface area contributed by atoms with Crippen LogP contribution in [0, 0.1) is 0 Å². The van der Waals surface area contributed by atoms with Crippen molar-refractivity contribution < 1.29 is 0 Å². The van der Waals surface area contributed by atoms with E-state index < -0.39 is 0 Å². The first kappa shape index (κ1) is 10.8. The summed E-state index contributed by atoms with van der Waals surface area (Å²) in [6.45, 7) is 2.96. The van der Waals surface area contributed by atoms with E-state index >= 15 is 0 Å². The predicted molar refractivity (Wildman–Crippen MR) is 64.1 cm³/mol. The average Bonchev–Trinajstić information content (AvgIpc) is 3.03. The molecule has 2 N–H and O–H groups in total. The first-order chi connectivity index (χ1) is 7.38. The molecule has 2 aliphatic rings. The Kier molecular flexibility index (Phi) is 3.87. The fraction of sp³-hybridized carbons (Fsp3) is 0.917. The minimum absolute atomic E-state index is 0.662. The molecule has 15 heavy (non-hydrogen) atoms. The summed E-state index contributed by atoms with van der Waals surface area (Å²) >= 11 is 0. The van der Waals surface area contributed by atoms with Gasteiger partial charge >= 0.3 is 0 Å². The Hall–Kier alpha value is -0.730. The number of guanidine groups is 1. The van der Waals surface area contributed by atoms with Crippen LogP contribution < -0.4 is 10.6 Å². The molecule has 0 heterocycles. The summed E-state index contributed by atoms with van der Waals surface area (Å²) in [6, 6.07) is 1.36. The lowest BCUT2D eigenvalue weighted by Crippen LogP contribution is -2.45. The van der Waals surface area contributed by atoms with Crippen LogP contribution in [0.25, 0.3) is 0 Å². The summed E-state index contributed by atoms with van der Waals surface area (Å²) in [7, 11) is 0. The monoisotopic (exact) mass is 209 g/mol. The van der Waals surface area contributed by atoms with Gasteiger partial charge in [-0.3, -0.25) is 4.99 Å². The van der Waals surface area contributed by atoms with E-state index in [0.29, 0.717) is 12.1 Å². The van der Waals surface area contributed by atoms with E-state index in [4.69, 9.17) is 0 Å². The third-order valence-electron chi connectivity index (χ3n) is 3.18. The first-order valence-corrected chi connectivity index (χ1v) is 6.46. The normalized spacial score (nSPS) is 23.9. The van der Waals surface area contributed by atoms with Gasteiger partial charge in [0.1, 0.15) is 0 Å². The number of rotatable bonds is 3. The second-order valence-electron chi connectivity index (χ2n) is 4.72. The van der Waals surface area contributed by atoms with Crippen LogP contribution in [0.3, 0.4) is 0 Å². The lowest BCUT2D eigenvalue weighted by atomic mass is 9.96. The minimum atomic E-state index is 0.662. The molecule has 0 aliphatic heterocycles. The second kappa shape index (κ2) is 5.38. The zero-order chi connectivity index (χ0) is 10.5. The predicted octanol–water partition coefficient (Wildman–Crippen LogP) is 2.04. The van der Waals surface area contributed by atoms with Crippen molar-refractivity contribution in [3.05, 3.63) is 0 Å². The highest BCUT2D eigenvalue weighted by atomic mass is 15.2. The van der Waals surface area contributed by atoms with E-state index in [9.17, 15) is 0 Å². The van der Waals surface area contributed by atoms with Crippen LogP contribution in [0.2, 0.25) is 0 Å². The van der Waals surface area contributed by atoms with Gasteiger partial charge in [0.2, 0.25) is 0 Å². The van der Waals surface area contributed by atoms with Crippen molar-refractivity contribution in [3.63, 3.8) is 0 Å². The van der Waals surface area contributed by atoms with Gasteiger partial charge in [0.15, 0.2) is 5.96 Å². The summed E-state index contributed by atoms with van der Waals surface area (Å²) in [4.78, 5) is 4.49. The molecular weight excluding hydrogens is 186 g/mol. The summed E-state index contributed by atoms with van der Waals surface area (Å²) in [5, 5.41) is 7.05. The molecule has 0 saturated heterocycles. The van der Waals surface area contributed by atoms with Crippen molar-refractivity contribution in [2.75, 3.05) is 6.54 Å². The van der Waals surface area contributed by atoms with Crippen molar-refractivity contribution in [1.82, 2.24) is 10.6 Å². The maximum absolute atomic E-state index is 4.49. The van der Waals surface area contributed by atoms with E-state index in [1.165, 1.54) is 44.9 Å². The smallest absolute Gasteiger partial charge is 0.191 e. The molecule has 0 radical (unpaired) electrons. The minimum Gasteiger partial charge on any atom is -0.354 e. The highest BCUT2D eigenvalue weighted by Gasteiger charge is 2.23. The Morgan fingerprint density at radius 2 is 1.60 bits per heavy atom. The molecule has 2 fully saturated rings. The van der Waals surface area contributed by atoms with Crippen molar-refractivity contribution in [2.45, 2.75) is 64.0 Å². The Morgan fingerprint density at radius 3 is 2.13 bits per heavy atom. The maximum Gasteiger partial charge on any atom is 0.191 e. The SMILES string of the molecule is CCN=C(NC1CCCCC1)NC1CC1. The Morgan fingerprint density at radius 1 is 1.00 bits per heavy atom. The van der Waals surface area contributed by atoms with Crippen molar-refractivity contribution in [2.24, 2.45) is 4.99 Å². The number of hydrogen-bond acceptors (Lipinski definition) is 1. The van der Waals surface area contributed by atoms with Gasteiger partial charge in [-0.2, -0.15) is 0 Å². The molecule has 0 unspecified atom stereocenters. The van der Waals surface area contributed by atoms with Gasteiger partial charge in [-0.15, -0.1) is 0 Å². The highest BCUT2D eigenvalue weighted by molar-refractivity contribution is 5.80. The zero-order valence-corrected chi connectivity index (χ0v) is 9.76. The number of aliphatic imine (C=N–C) groups is 1. The number of nitrogens with zero attached hydrogens (tertiary/aromatic N) is 1. The zero-order valence-electron chi connectivity index (χ0n) is 9.76. The van der Waals surface area contributed by atoms with Gasteiger partial charge in [0.25, 0.3) is 0 Å². The van der Waals surface area contributed by atoms with Crippen LogP contribution in [-0.2, 0) is 0 Å². The maximum atomic E-state index is 4.49. The molecule has 0 spiro atoms. The molecule has 0 amide bonds. The van der Waals surface area contributed by atoms with Gasteiger partial charge in [-0.25, -0.2) is 0 Å². The Bertz CT molecular complexity index is 215. The first-order valence-electron chi connectivity index (χ1n) is 6.46. The average molecular weight is 209 g/mol. The molecular formula is C12H23N3. The Labute approximate surface area is 92.7 Å². The van der Waals surface area contributed by atoms with Crippen LogP contribution in [0.4, 0.5) is 0 Å². The molecule has 0 atom stereocenters. The van der Waals surface area contributed by atoms with Crippen molar-refractivity contribution >= 4 is 5.96 Å². The van der Waals surface area contributed by atoms with Gasteiger partial charge in [-0.05, 0) is 32.6 Å². The van der Waals surface area contributed by atoms with Crippen molar-refractivity contribution in [3.8, 4) is 0 Å². The van der Waals surface area contributed by atoms with Gasteiger partial charge in [0.05, 0.1) is 0 Å². The molecule has 0 aromatic heterocycles. The largest absolute Gasteiger partial charge is 0.354 e. The molecule has 2 rings (SSSR count). The van der Waals surface area contributed by atoms with Gasteiger partial charge < -0.3 is 10.6 Å². The number of hydrogen-bond donors (Lipinski definition) is 2. The van der Waals surface area contributed by atoms with Crippen LogP contribution in [-0.4, -0.2) is 24.6 Å². The molecule has 2 saturated carbocycles. The fourth-order valence-electron chi connectivity index (χ4n) is 2.15. The van der Waals surface area contributed by atoms with E-state index in [1.54, 1.807) is 0 Å². The van der Waals surface area contributed by atoms with E-state index in [-0.39, 0.29) is 0 Å². The lowest BCUT2D eigenvalue weighted by Gasteiger charge is -2.25. The summed E-state index contributed by atoms with van der Waals surface area (Å²) in [5.74, 6) is 1.05.